The molecule has 29 heavy (non-hydrogen) atoms. The Morgan fingerprint density at radius 3 is 2.66 bits per heavy atom. The first-order valence-corrected chi connectivity index (χ1v) is 9.34. The highest BCUT2D eigenvalue weighted by Crippen LogP contribution is 2.28. The molecule has 148 valence electrons. The first kappa shape index (κ1) is 19.1. The summed E-state index contributed by atoms with van der Waals surface area (Å²) in [6.45, 7) is 0.864. The summed E-state index contributed by atoms with van der Waals surface area (Å²) in [5.41, 5.74) is 1.18. The minimum absolute atomic E-state index is 0.0495. The van der Waals surface area contributed by atoms with Gasteiger partial charge in [-0.15, -0.1) is 0 Å². The van der Waals surface area contributed by atoms with Gasteiger partial charge in [-0.25, -0.2) is 23.1 Å². The SMILES string of the molecule is O=C(c1ccc(F)cc1F)N1CCC[C@@H](c2ccnc(-c3cccc(F)c3)n2)C1. The molecule has 0 aliphatic carbocycles. The number of carbonyl (C=O) groups is 1. The Bertz CT molecular complexity index is 1060. The third-order valence-electron chi connectivity index (χ3n) is 5.05. The van der Waals surface area contributed by atoms with E-state index in [1.165, 1.54) is 18.2 Å². The lowest BCUT2D eigenvalue weighted by Crippen LogP contribution is -2.39. The molecule has 1 saturated heterocycles. The summed E-state index contributed by atoms with van der Waals surface area (Å²) in [4.78, 5) is 23.1. The summed E-state index contributed by atoms with van der Waals surface area (Å²) in [6, 6.07) is 10.8. The molecule has 2 aromatic carbocycles. The predicted molar refractivity (Wildman–Crippen MR) is 102 cm³/mol. The Kier molecular flexibility index (Phi) is 5.29. The molecular weight excluding hydrogens is 379 g/mol. The second-order valence-electron chi connectivity index (χ2n) is 7.03. The van der Waals surface area contributed by atoms with Gasteiger partial charge >= 0.3 is 0 Å². The second-order valence-corrected chi connectivity index (χ2v) is 7.03. The van der Waals surface area contributed by atoms with Crippen LogP contribution in [0.3, 0.4) is 0 Å². The van der Waals surface area contributed by atoms with Crippen LogP contribution in [0.5, 0.6) is 0 Å². The van der Waals surface area contributed by atoms with E-state index >= 15 is 0 Å². The number of rotatable bonds is 3. The molecule has 0 radical (unpaired) electrons. The minimum atomic E-state index is -0.868. The van der Waals surface area contributed by atoms with Crippen molar-refractivity contribution in [3.05, 3.63) is 83.4 Å². The van der Waals surface area contributed by atoms with Crippen LogP contribution in [-0.2, 0) is 0 Å². The van der Waals surface area contributed by atoms with Crippen molar-refractivity contribution in [1.29, 1.82) is 0 Å². The number of benzene rings is 2. The van der Waals surface area contributed by atoms with E-state index in [1.807, 2.05) is 0 Å². The fourth-order valence-electron chi connectivity index (χ4n) is 3.60. The number of carbonyl (C=O) groups excluding carboxylic acids is 1. The quantitative estimate of drug-likeness (QED) is 0.650. The van der Waals surface area contributed by atoms with E-state index in [2.05, 4.69) is 9.97 Å². The normalized spacial score (nSPS) is 16.7. The number of hydrogen-bond donors (Lipinski definition) is 0. The van der Waals surface area contributed by atoms with Crippen LogP contribution < -0.4 is 0 Å². The standard InChI is InChI=1S/C22H18F3N3O/c23-16-5-1-3-14(11-16)21-26-9-8-20(27-21)15-4-2-10-28(13-15)22(29)18-7-6-17(24)12-19(18)25/h1,3,5-9,11-12,15H,2,4,10,13H2/t15-/m1/s1. The molecule has 0 spiro atoms. The van der Waals surface area contributed by atoms with Gasteiger partial charge in [-0.2, -0.15) is 0 Å². The van der Waals surface area contributed by atoms with Crippen molar-refractivity contribution in [3.8, 4) is 11.4 Å². The molecular formula is C22H18F3N3O. The molecule has 1 fully saturated rings. The molecule has 0 saturated carbocycles. The van der Waals surface area contributed by atoms with Crippen molar-refractivity contribution in [1.82, 2.24) is 14.9 Å². The van der Waals surface area contributed by atoms with E-state index < -0.39 is 17.5 Å². The van der Waals surface area contributed by atoms with Gasteiger partial charge in [0.05, 0.1) is 5.56 Å². The van der Waals surface area contributed by atoms with E-state index in [9.17, 15) is 18.0 Å². The zero-order chi connectivity index (χ0) is 20.4. The number of hydrogen-bond acceptors (Lipinski definition) is 3. The summed E-state index contributed by atoms with van der Waals surface area (Å²) in [5.74, 6) is -2.06. The highest BCUT2D eigenvalue weighted by atomic mass is 19.1. The molecule has 1 aromatic heterocycles. The molecule has 4 rings (SSSR count). The maximum Gasteiger partial charge on any atom is 0.256 e. The lowest BCUT2D eigenvalue weighted by molar-refractivity contribution is 0.0701. The van der Waals surface area contributed by atoms with Gasteiger partial charge in [-0.3, -0.25) is 4.79 Å². The van der Waals surface area contributed by atoms with E-state index in [-0.39, 0.29) is 17.3 Å². The van der Waals surface area contributed by atoms with Crippen molar-refractivity contribution in [2.45, 2.75) is 18.8 Å². The van der Waals surface area contributed by atoms with Gasteiger partial charge < -0.3 is 4.90 Å². The average molecular weight is 397 g/mol. The van der Waals surface area contributed by atoms with Crippen molar-refractivity contribution >= 4 is 5.91 Å². The van der Waals surface area contributed by atoms with Crippen LogP contribution in [0.1, 0.15) is 34.8 Å². The van der Waals surface area contributed by atoms with Crippen molar-refractivity contribution in [2.75, 3.05) is 13.1 Å². The lowest BCUT2D eigenvalue weighted by atomic mass is 9.94. The number of amides is 1. The largest absolute Gasteiger partial charge is 0.338 e. The molecule has 1 aliphatic rings. The number of likely N-dealkylation sites (tertiary alicyclic amines) is 1. The van der Waals surface area contributed by atoms with Gasteiger partial charge in [0.1, 0.15) is 17.5 Å². The summed E-state index contributed by atoms with van der Waals surface area (Å²) >= 11 is 0. The van der Waals surface area contributed by atoms with Gasteiger partial charge in [0, 0.05) is 42.5 Å². The van der Waals surface area contributed by atoms with Gasteiger partial charge in [0.2, 0.25) is 0 Å². The van der Waals surface area contributed by atoms with Gasteiger partial charge in [-0.1, -0.05) is 12.1 Å². The Morgan fingerprint density at radius 1 is 1.03 bits per heavy atom. The number of piperidine rings is 1. The van der Waals surface area contributed by atoms with E-state index in [0.717, 1.165) is 24.6 Å². The van der Waals surface area contributed by atoms with Crippen LogP contribution in [0.15, 0.2) is 54.7 Å². The van der Waals surface area contributed by atoms with Crippen LogP contribution in [0.2, 0.25) is 0 Å². The van der Waals surface area contributed by atoms with Crippen molar-refractivity contribution < 1.29 is 18.0 Å². The first-order valence-electron chi connectivity index (χ1n) is 9.34. The van der Waals surface area contributed by atoms with E-state index in [1.54, 1.807) is 29.3 Å². The van der Waals surface area contributed by atoms with Gasteiger partial charge in [0.25, 0.3) is 5.91 Å². The molecule has 0 N–H and O–H groups in total. The maximum absolute atomic E-state index is 14.0. The van der Waals surface area contributed by atoms with Crippen LogP contribution in [0, 0.1) is 17.5 Å². The Morgan fingerprint density at radius 2 is 1.86 bits per heavy atom. The minimum Gasteiger partial charge on any atom is -0.338 e. The third kappa shape index (κ3) is 4.13. The lowest BCUT2D eigenvalue weighted by Gasteiger charge is -2.32. The summed E-state index contributed by atoms with van der Waals surface area (Å²) in [5, 5.41) is 0. The zero-order valence-electron chi connectivity index (χ0n) is 15.5. The van der Waals surface area contributed by atoms with Crippen LogP contribution in [0.25, 0.3) is 11.4 Å². The van der Waals surface area contributed by atoms with Crippen molar-refractivity contribution in [2.24, 2.45) is 0 Å². The summed E-state index contributed by atoms with van der Waals surface area (Å²) in [6.07, 6.45) is 3.16. The molecule has 1 amide bonds. The van der Waals surface area contributed by atoms with Crippen LogP contribution in [-0.4, -0.2) is 33.9 Å². The maximum atomic E-state index is 14.0. The Balaban J connectivity index is 1.56. The van der Waals surface area contributed by atoms with Crippen LogP contribution >= 0.6 is 0 Å². The molecule has 4 nitrogen and oxygen atoms in total. The number of nitrogens with zero attached hydrogens (tertiary/aromatic N) is 3. The fourth-order valence-corrected chi connectivity index (χ4v) is 3.60. The number of halogens is 3. The molecule has 2 heterocycles. The molecule has 0 bridgehead atoms. The van der Waals surface area contributed by atoms with E-state index in [0.29, 0.717) is 30.5 Å². The number of aromatic nitrogens is 2. The average Bonchev–Trinajstić information content (AvgIpc) is 2.73. The fraction of sp³-hybridized carbons (Fsp3) is 0.227. The smallest absolute Gasteiger partial charge is 0.256 e. The first-order chi connectivity index (χ1) is 14.0. The molecule has 0 unspecified atom stereocenters. The zero-order valence-corrected chi connectivity index (χ0v) is 15.5. The van der Waals surface area contributed by atoms with Gasteiger partial charge in [0.15, 0.2) is 5.82 Å². The molecule has 1 atom stereocenters. The highest BCUT2D eigenvalue weighted by molar-refractivity contribution is 5.94. The molecule has 1 aliphatic heterocycles. The third-order valence-corrected chi connectivity index (χ3v) is 5.05. The Hall–Kier alpha value is -3.22. The second kappa shape index (κ2) is 8.03. The Labute approximate surface area is 166 Å². The van der Waals surface area contributed by atoms with E-state index in [4.69, 9.17) is 0 Å². The monoisotopic (exact) mass is 397 g/mol. The summed E-state index contributed by atoms with van der Waals surface area (Å²) < 4.78 is 40.7. The van der Waals surface area contributed by atoms with Gasteiger partial charge in [-0.05, 0) is 43.2 Å². The molecule has 7 heteroatoms. The topological polar surface area (TPSA) is 46.1 Å². The van der Waals surface area contributed by atoms with Crippen molar-refractivity contribution in [3.63, 3.8) is 0 Å². The molecule has 3 aromatic rings. The highest BCUT2D eigenvalue weighted by Gasteiger charge is 2.28. The predicted octanol–water partition coefficient (Wildman–Crippen LogP) is 4.58. The van der Waals surface area contributed by atoms with Crippen LogP contribution in [0.4, 0.5) is 13.2 Å². The summed E-state index contributed by atoms with van der Waals surface area (Å²) in [7, 11) is 0.